The van der Waals surface area contributed by atoms with Crippen LogP contribution in [0.15, 0.2) is 54.6 Å². The number of carbonyl (C=O) groups is 3. The van der Waals surface area contributed by atoms with E-state index in [0.29, 0.717) is 5.69 Å². The summed E-state index contributed by atoms with van der Waals surface area (Å²) in [5.74, 6) is -1.78. The highest BCUT2D eigenvalue weighted by Gasteiger charge is 2.50. The van der Waals surface area contributed by atoms with Crippen molar-refractivity contribution < 1.29 is 19.1 Å². The number of carbonyl (C=O) groups excluding carboxylic acids is 3. The quantitative estimate of drug-likeness (QED) is 0.760. The minimum atomic E-state index is -0.917. The number of urea groups is 1. The zero-order valence-corrected chi connectivity index (χ0v) is 16.5. The molecule has 29 heavy (non-hydrogen) atoms. The van der Waals surface area contributed by atoms with Crippen LogP contribution in [0.1, 0.15) is 30.5 Å². The molecule has 1 heterocycles. The molecule has 2 aromatic carbocycles. The van der Waals surface area contributed by atoms with Crippen molar-refractivity contribution in [2.45, 2.75) is 32.4 Å². The summed E-state index contributed by atoms with van der Waals surface area (Å²) in [6, 6.07) is 14.4. The number of anilines is 1. The molecule has 152 valence electrons. The summed E-state index contributed by atoms with van der Waals surface area (Å²) < 4.78 is 5.23. The summed E-state index contributed by atoms with van der Waals surface area (Å²) in [5.41, 5.74) is 7.99. The van der Waals surface area contributed by atoms with Crippen LogP contribution in [0.25, 0.3) is 0 Å². The second-order valence-electron chi connectivity index (χ2n) is 7.07. The number of hydrogen-bond donors (Lipinski definition) is 2. The molecule has 1 saturated heterocycles. The molecule has 1 aliphatic rings. The van der Waals surface area contributed by atoms with Gasteiger partial charge in [-0.15, -0.1) is 0 Å². The first-order chi connectivity index (χ1) is 13.9. The number of likely N-dealkylation sites (tertiary alicyclic amines) is 1. The molecule has 1 fully saturated rings. The van der Waals surface area contributed by atoms with Gasteiger partial charge in [0, 0.05) is 5.69 Å². The fraction of sp³-hybridized carbons (Fsp3) is 0.318. The van der Waals surface area contributed by atoms with E-state index in [1.54, 1.807) is 31.2 Å². The van der Waals surface area contributed by atoms with Crippen LogP contribution in [0.3, 0.4) is 0 Å². The molecule has 0 spiro atoms. The van der Waals surface area contributed by atoms with Gasteiger partial charge in [-0.2, -0.15) is 0 Å². The largest absolute Gasteiger partial charge is 0.466 e. The van der Waals surface area contributed by atoms with Crippen molar-refractivity contribution >= 4 is 23.6 Å². The van der Waals surface area contributed by atoms with E-state index in [4.69, 9.17) is 10.5 Å². The second-order valence-corrected chi connectivity index (χ2v) is 7.07. The van der Waals surface area contributed by atoms with Gasteiger partial charge < -0.3 is 20.7 Å². The molecule has 0 saturated carbocycles. The van der Waals surface area contributed by atoms with E-state index >= 15 is 0 Å². The molecule has 2 aromatic rings. The van der Waals surface area contributed by atoms with E-state index in [-0.39, 0.29) is 13.0 Å². The molecule has 0 aromatic heterocycles. The summed E-state index contributed by atoms with van der Waals surface area (Å²) >= 11 is 0. The van der Waals surface area contributed by atoms with Gasteiger partial charge in [-0.05, 0) is 38.0 Å². The lowest BCUT2D eigenvalue weighted by Crippen LogP contribution is -2.46. The Kier molecular flexibility index (Phi) is 6.16. The fourth-order valence-electron chi connectivity index (χ4n) is 3.73. The van der Waals surface area contributed by atoms with E-state index in [0.717, 1.165) is 11.1 Å². The Balaban J connectivity index is 2.01. The number of primary amides is 1. The Hall–Kier alpha value is -3.35. The van der Waals surface area contributed by atoms with Crippen LogP contribution in [0.4, 0.5) is 10.5 Å². The zero-order valence-electron chi connectivity index (χ0n) is 16.5. The third-order valence-corrected chi connectivity index (χ3v) is 5.09. The molecule has 0 radical (unpaired) electrons. The Morgan fingerprint density at radius 1 is 1.10 bits per heavy atom. The van der Waals surface area contributed by atoms with E-state index in [2.05, 4.69) is 5.32 Å². The smallest absolute Gasteiger partial charge is 0.323 e. The van der Waals surface area contributed by atoms with Crippen LogP contribution >= 0.6 is 0 Å². The number of amides is 3. The molecule has 0 bridgehead atoms. The first kappa shape index (κ1) is 20.4. The molecule has 3 N–H and O–H groups in total. The molecule has 3 amide bonds. The van der Waals surface area contributed by atoms with Crippen LogP contribution in [-0.4, -0.2) is 35.5 Å². The van der Waals surface area contributed by atoms with Crippen LogP contribution in [0.2, 0.25) is 0 Å². The first-order valence-corrected chi connectivity index (χ1v) is 9.59. The van der Waals surface area contributed by atoms with Crippen LogP contribution in [-0.2, 0) is 14.3 Å². The number of nitrogens with two attached hydrogens (primary N) is 1. The van der Waals surface area contributed by atoms with Crippen molar-refractivity contribution in [3.8, 4) is 0 Å². The van der Waals surface area contributed by atoms with Gasteiger partial charge in [0.1, 0.15) is 6.04 Å². The molecular formula is C22H25N3O4. The predicted octanol–water partition coefficient (Wildman–Crippen LogP) is 3.01. The van der Waals surface area contributed by atoms with Gasteiger partial charge in [-0.25, -0.2) is 4.79 Å². The van der Waals surface area contributed by atoms with E-state index in [1.165, 1.54) is 4.90 Å². The van der Waals surface area contributed by atoms with Crippen molar-refractivity contribution in [1.82, 2.24) is 4.90 Å². The highest BCUT2D eigenvalue weighted by Crippen LogP contribution is 2.42. The summed E-state index contributed by atoms with van der Waals surface area (Å²) in [6.07, 6.45) is 0.120. The number of hydrogen-bond acceptors (Lipinski definition) is 4. The standard InChI is InChI=1S/C22H25N3O4/c1-3-29-21(27)17-13-18(20(23)26)25(19(17)15-11-9-14(2)10-12-15)22(28)24-16-7-5-4-6-8-16/h4-12,17-19H,3,13H2,1-2H3,(H2,23,26)(H,24,28). The maximum atomic E-state index is 13.2. The van der Waals surface area contributed by atoms with Gasteiger partial charge in [0.05, 0.1) is 18.6 Å². The molecule has 7 heteroatoms. The lowest BCUT2D eigenvalue weighted by molar-refractivity contribution is -0.148. The highest BCUT2D eigenvalue weighted by molar-refractivity contribution is 5.95. The number of rotatable bonds is 5. The van der Waals surface area contributed by atoms with Crippen molar-refractivity contribution in [1.29, 1.82) is 0 Å². The molecule has 7 nitrogen and oxygen atoms in total. The number of nitrogens with one attached hydrogen (secondary N) is 1. The maximum Gasteiger partial charge on any atom is 0.323 e. The number of benzene rings is 2. The molecule has 1 aliphatic heterocycles. The monoisotopic (exact) mass is 395 g/mol. The molecule has 3 atom stereocenters. The van der Waals surface area contributed by atoms with Gasteiger partial charge in [0.15, 0.2) is 0 Å². The first-order valence-electron chi connectivity index (χ1n) is 9.59. The Morgan fingerprint density at radius 2 is 1.76 bits per heavy atom. The third kappa shape index (κ3) is 4.39. The normalized spacial score (nSPS) is 20.9. The predicted molar refractivity (Wildman–Crippen MR) is 109 cm³/mol. The van der Waals surface area contributed by atoms with Crippen molar-refractivity contribution in [3.05, 3.63) is 65.7 Å². The van der Waals surface area contributed by atoms with Crippen molar-refractivity contribution in [2.24, 2.45) is 11.7 Å². The Bertz CT molecular complexity index is 883. The molecule has 3 rings (SSSR count). The summed E-state index contributed by atoms with van der Waals surface area (Å²) in [7, 11) is 0. The highest BCUT2D eigenvalue weighted by atomic mass is 16.5. The van der Waals surface area contributed by atoms with Gasteiger partial charge in [-0.3, -0.25) is 9.59 Å². The number of para-hydroxylation sites is 1. The average molecular weight is 395 g/mol. The minimum Gasteiger partial charge on any atom is -0.466 e. The van der Waals surface area contributed by atoms with Crippen LogP contribution in [0, 0.1) is 12.8 Å². The van der Waals surface area contributed by atoms with Crippen LogP contribution in [0.5, 0.6) is 0 Å². The van der Waals surface area contributed by atoms with Crippen molar-refractivity contribution in [2.75, 3.05) is 11.9 Å². The number of aryl methyl sites for hydroxylation is 1. The summed E-state index contributed by atoms with van der Waals surface area (Å²) in [5, 5.41) is 2.80. The van der Waals surface area contributed by atoms with Gasteiger partial charge >= 0.3 is 12.0 Å². The van der Waals surface area contributed by atoms with E-state index in [9.17, 15) is 14.4 Å². The lowest BCUT2D eigenvalue weighted by atomic mass is 9.92. The number of esters is 1. The second kappa shape index (κ2) is 8.77. The summed E-state index contributed by atoms with van der Waals surface area (Å²) in [4.78, 5) is 39.4. The average Bonchev–Trinajstić information content (AvgIpc) is 3.11. The minimum absolute atomic E-state index is 0.120. The van der Waals surface area contributed by atoms with Gasteiger partial charge in [-0.1, -0.05) is 48.0 Å². The summed E-state index contributed by atoms with van der Waals surface area (Å²) in [6.45, 7) is 3.89. The van der Waals surface area contributed by atoms with Crippen molar-refractivity contribution in [3.63, 3.8) is 0 Å². The van der Waals surface area contributed by atoms with E-state index in [1.807, 2.05) is 37.3 Å². The molecule has 0 aliphatic carbocycles. The Labute approximate surface area is 169 Å². The maximum absolute atomic E-state index is 13.2. The van der Waals surface area contributed by atoms with Crippen LogP contribution < -0.4 is 11.1 Å². The molecular weight excluding hydrogens is 370 g/mol. The van der Waals surface area contributed by atoms with Gasteiger partial charge in [0.25, 0.3) is 0 Å². The number of ether oxygens (including phenoxy) is 1. The molecule has 3 unspecified atom stereocenters. The number of nitrogens with zero attached hydrogens (tertiary/aromatic N) is 1. The SMILES string of the molecule is CCOC(=O)C1CC(C(N)=O)N(C(=O)Nc2ccccc2)C1c1ccc(C)cc1. The topological polar surface area (TPSA) is 102 Å². The lowest BCUT2D eigenvalue weighted by Gasteiger charge is -2.30. The third-order valence-electron chi connectivity index (χ3n) is 5.09. The fourth-order valence-corrected chi connectivity index (χ4v) is 3.73. The van der Waals surface area contributed by atoms with Gasteiger partial charge in [0.2, 0.25) is 5.91 Å². The van der Waals surface area contributed by atoms with E-state index < -0.39 is 35.9 Å². The zero-order chi connectivity index (χ0) is 21.0. The Morgan fingerprint density at radius 3 is 2.34 bits per heavy atom.